The van der Waals surface area contributed by atoms with E-state index < -0.39 is 0 Å². The minimum Gasteiger partial charge on any atom is -0.328 e. The maximum atomic E-state index is 5.84. The van der Waals surface area contributed by atoms with Gasteiger partial charge in [0.1, 0.15) is 0 Å². The Morgan fingerprint density at radius 2 is 2.40 bits per heavy atom. The topological polar surface area (TPSA) is 26.0 Å². The van der Waals surface area contributed by atoms with Crippen molar-refractivity contribution in [1.82, 2.24) is 0 Å². The van der Waals surface area contributed by atoms with Gasteiger partial charge in [-0.05, 0) is 37.4 Å². The molecule has 0 amide bonds. The van der Waals surface area contributed by atoms with Crippen LogP contribution >= 0.6 is 11.8 Å². The van der Waals surface area contributed by atoms with Gasteiger partial charge in [-0.2, -0.15) is 11.8 Å². The third-order valence-electron chi connectivity index (χ3n) is 2.75. The van der Waals surface area contributed by atoms with Crippen LogP contribution in [0.25, 0.3) is 0 Å². The van der Waals surface area contributed by atoms with Crippen LogP contribution < -0.4 is 5.73 Å². The molecule has 1 aliphatic carbocycles. The quantitative estimate of drug-likeness (QED) is 0.624. The number of fused-ring (bicyclic) bond motifs is 1. The van der Waals surface area contributed by atoms with E-state index in [1.807, 2.05) is 0 Å². The van der Waals surface area contributed by atoms with Crippen molar-refractivity contribution in [2.75, 3.05) is 5.75 Å². The average Bonchev–Trinajstić information content (AvgIpc) is 2.60. The summed E-state index contributed by atoms with van der Waals surface area (Å²) >= 11 is 2.15. The van der Waals surface area contributed by atoms with Gasteiger partial charge in [-0.15, -0.1) is 0 Å². The van der Waals surface area contributed by atoms with Crippen molar-refractivity contribution in [2.45, 2.75) is 31.1 Å². The van der Waals surface area contributed by atoms with E-state index in [0.29, 0.717) is 6.04 Å². The van der Waals surface area contributed by atoms with Gasteiger partial charge in [-0.1, -0.05) is 0 Å². The molecule has 2 N–H and O–H groups in total. The van der Waals surface area contributed by atoms with Crippen LogP contribution in [0, 0.1) is 11.8 Å². The number of hydrogen-bond donors (Lipinski definition) is 1. The summed E-state index contributed by atoms with van der Waals surface area (Å²) in [5, 5.41) is 0.953. The van der Waals surface area contributed by atoms with E-state index in [4.69, 9.17) is 5.73 Å². The molecule has 2 aliphatic rings. The first-order valence-corrected chi connectivity index (χ1v) is 5.23. The van der Waals surface area contributed by atoms with E-state index in [2.05, 4.69) is 18.7 Å². The molecule has 1 heterocycles. The van der Waals surface area contributed by atoms with Crippen LogP contribution in [-0.2, 0) is 0 Å². The van der Waals surface area contributed by atoms with Gasteiger partial charge in [-0.3, -0.25) is 0 Å². The molecule has 2 fully saturated rings. The fraction of sp³-hybridized carbons (Fsp3) is 1.00. The summed E-state index contributed by atoms with van der Waals surface area (Å²) in [6.45, 7) is 2.16. The monoisotopic (exact) mass is 157 g/mol. The fourth-order valence-corrected chi connectivity index (χ4v) is 3.94. The molecule has 0 aromatic heterocycles. The molecule has 1 nitrogen and oxygen atoms in total. The minimum atomic E-state index is 0.445. The van der Waals surface area contributed by atoms with Gasteiger partial charge in [0, 0.05) is 11.3 Å². The summed E-state index contributed by atoms with van der Waals surface area (Å²) in [4.78, 5) is 0. The van der Waals surface area contributed by atoms with Gasteiger partial charge in [-0.25, -0.2) is 0 Å². The largest absolute Gasteiger partial charge is 0.328 e. The van der Waals surface area contributed by atoms with Gasteiger partial charge in [0.15, 0.2) is 0 Å². The lowest BCUT2D eigenvalue weighted by Crippen LogP contribution is -2.19. The van der Waals surface area contributed by atoms with Crippen LogP contribution in [0.3, 0.4) is 0 Å². The Balaban J connectivity index is 1.93. The summed E-state index contributed by atoms with van der Waals surface area (Å²) in [5.74, 6) is 3.25. The highest BCUT2D eigenvalue weighted by molar-refractivity contribution is 8.00. The second-order valence-electron chi connectivity index (χ2n) is 3.58. The molecule has 10 heavy (non-hydrogen) atoms. The van der Waals surface area contributed by atoms with Crippen LogP contribution in [0.15, 0.2) is 0 Å². The normalized spacial score (nSPS) is 48.0. The molecule has 2 unspecified atom stereocenters. The Morgan fingerprint density at radius 3 is 2.90 bits per heavy atom. The van der Waals surface area contributed by atoms with Crippen molar-refractivity contribution in [3.05, 3.63) is 0 Å². The van der Waals surface area contributed by atoms with Gasteiger partial charge >= 0.3 is 0 Å². The number of rotatable bonds is 1. The van der Waals surface area contributed by atoms with Crippen molar-refractivity contribution in [3.63, 3.8) is 0 Å². The number of thioether (sulfide) groups is 1. The molecule has 0 aromatic rings. The van der Waals surface area contributed by atoms with Crippen molar-refractivity contribution in [1.29, 1.82) is 0 Å². The molecular formula is C8H15NS. The number of hydrogen-bond acceptors (Lipinski definition) is 2. The Morgan fingerprint density at radius 1 is 1.60 bits per heavy atom. The van der Waals surface area contributed by atoms with Gasteiger partial charge in [0.25, 0.3) is 0 Å². The standard InChI is InChI=1S/C8H15NS/c1-5(9)7-6-3-2-4-10-8(6)7/h5-8H,2-4,9H2,1H3/t5?,6-,7?,8-/m1/s1. The van der Waals surface area contributed by atoms with Crippen LogP contribution in [0.2, 0.25) is 0 Å². The zero-order valence-electron chi connectivity index (χ0n) is 6.42. The molecular weight excluding hydrogens is 142 g/mol. The highest BCUT2D eigenvalue weighted by Gasteiger charge is 2.52. The summed E-state index contributed by atoms with van der Waals surface area (Å²) in [5.41, 5.74) is 5.84. The Bertz CT molecular complexity index is 123. The minimum absolute atomic E-state index is 0.445. The zero-order valence-corrected chi connectivity index (χ0v) is 7.23. The van der Waals surface area contributed by atoms with Crippen LogP contribution in [0.5, 0.6) is 0 Å². The first-order valence-electron chi connectivity index (χ1n) is 4.18. The Kier molecular flexibility index (Phi) is 1.69. The van der Waals surface area contributed by atoms with Gasteiger partial charge < -0.3 is 5.73 Å². The second kappa shape index (κ2) is 2.42. The predicted octanol–water partition coefficient (Wildman–Crippen LogP) is 1.48. The SMILES string of the molecule is CC(N)C1[C@H]2CCCS[C@@H]12. The second-order valence-corrected chi connectivity index (χ2v) is 4.86. The molecule has 0 aromatic carbocycles. The Labute approximate surface area is 66.7 Å². The van der Waals surface area contributed by atoms with E-state index in [1.54, 1.807) is 0 Å². The highest BCUT2D eigenvalue weighted by atomic mass is 32.2. The molecule has 0 radical (unpaired) electrons. The first kappa shape index (κ1) is 6.99. The summed E-state index contributed by atoms with van der Waals surface area (Å²) in [6, 6.07) is 0.445. The molecule has 1 saturated heterocycles. The zero-order chi connectivity index (χ0) is 7.14. The molecule has 2 rings (SSSR count). The van der Waals surface area contributed by atoms with Gasteiger partial charge in [0.2, 0.25) is 0 Å². The van der Waals surface area contributed by atoms with E-state index in [1.165, 1.54) is 18.6 Å². The molecule has 4 atom stereocenters. The highest BCUT2D eigenvalue weighted by Crippen LogP contribution is 2.55. The predicted molar refractivity (Wildman–Crippen MR) is 46.1 cm³/mol. The molecule has 0 spiro atoms. The molecule has 58 valence electrons. The fourth-order valence-electron chi connectivity index (χ4n) is 2.19. The summed E-state index contributed by atoms with van der Waals surface area (Å²) in [6.07, 6.45) is 2.87. The van der Waals surface area contributed by atoms with Crippen LogP contribution in [0.1, 0.15) is 19.8 Å². The lowest BCUT2D eigenvalue weighted by Gasteiger charge is -2.04. The van der Waals surface area contributed by atoms with Gasteiger partial charge in [0.05, 0.1) is 0 Å². The third kappa shape index (κ3) is 0.978. The molecule has 0 bridgehead atoms. The molecule has 1 aliphatic heterocycles. The lowest BCUT2D eigenvalue weighted by molar-refractivity contribution is 0.563. The molecule has 1 saturated carbocycles. The van der Waals surface area contributed by atoms with Crippen molar-refractivity contribution in [2.24, 2.45) is 17.6 Å². The number of nitrogens with two attached hydrogens (primary N) is 1. The summed E-state index contributed by atoms with van der Waals surface area (Å²) in [7, 11) is 0. The van der Waals surface area contributed by atoms with Crippen molar-refractivity contribution >= 4 is 11.8 Å². The smallest absolute Gasteiger partial charge is 0.0125 e. The Hall–Kier alpha value is 0.310. The average molecular weight is 157 g/mol. The third-order valence-corrected chi connectivity index (χ3v) is 4.33. The molecule has 2 heteroatoms. The van der Waals surface area contributed by atoms with E-state index >= 15 is 0 Å². The van der Waals surface area contributed by atoms with Crippen molar-refractivity contribution in [3.8, 4) is 0 Å². The first-order chi connectivity index (χ1) is 4.80. The van der Waals surface area contributed by atoms with Crippen molar-refractivity contribution < 1.29 is 0 Å². The van der Waals surface area contributed by atoms with E-state index in [9.17, 15) is 0 Å². The maximum absolute atomic E-state index is 5.84. The van der Waals surface area contributed by atoms with Crippen LogP contribution in [0.4, 0.5) is 0 Å². The van der Waals surface area contributed by atoms with E-state index in [-0.39, 0.29) is 0 Å². The maximum Gasteiger partial charge on any atom is 0.0125 e. The summed E-state index contributed by atoms with van der Waals surface area (Å²) < 4.78 is 0. The van der Waals surface area contributed by atoms with Crippen LogP contribution in [-0.4, -0.2) is 17.0 Å². The van der Waals surface area contributed by atoms with E-state index in [0.717, 1.165) is 17.1 Å². The lowest BCUT2D eigenvalue weighted by atomic mass is 10.1.